The second kappa shape index (κ2) is 47.0. The summed E-state index contributed by atoms with van der Waals surface area (Å²) in [5, 5.41) is 9.59. The first kappa shape index (κ1) is 53.6. The lowest BCUT2D eigenvalue weighted by molar-refractivity contribution is -0.161. The van der Waals surface area contributed by atoms with Gasteiger partial charge in [0.25, 0.3) is 0 Å². The number of carbonyl (C=O) groups is 2. The van der Waals surface area contributed by atoms with E-state index in [9.17, 15) is 14.7 Å². The van der Waals surface area contributed by atoms with Crippen molar-refractivity contribution in [3.05, 3.63) is 60.8 Å². The van der Waals surface area contributed by atoms with Crippen LogP contribution in [-0.4, -0.2) is 36.4 Å². The summed E-state index contributed by atoms with van der Waals surface area (Å²) in [6.07, 6.45) is 61.6. The summed E-state index contributed by atoms with van der Waals surface area (Å²) in [4.78, 5) is 24.3. The van der Waals surface area contributed by atoms with Crippen LogP contribution in [0, 0.1) is 0 Å². The minimum Gasteiger partial charge on any atom is -0.462 e. The molecule has 0 saturated heterocycles. The van der Waals surface area contributed by atoms with Crippen molar-refractivity contribution in [2.75, 3.05) is 13.2 Å². The number of allylic oxidation sites excluding steroid dienone is 10. The number of aliphatic hydroxyl groups is 1. The zero-order valence-electron chi connectivity index (χ0n) is 36.9. The van der Waals surface area contributed by atoms with E-state index in [-0.39, 0.29) is 25.2 Å². The van der Waals surface area contributed by atoms with E-state index in [1.165, 1.54) is 135 Å². The van der Waals surface area contributed by atoms with E-state index < -0.39 is 6.10 Å². The lowest BCUT2D eigenvalue weighted by Gasteiger charge is -2.15. The van der Waals surface area contributed by atoms with Crippen LogP contribution in [0.15, 0.2) is 60.8 Å². The third kappa shape index (κ3) is 44.3. The zero-order chi connectivity index (χ0) is 40.7. The van der Waals surface area contributed by atoms with Crippen molar-refractivity contribution in [3.63, 3.8) is 0 Å². The maximum atomic E-state index is 12.2. The summed E-state index contributed by atoms with van der Waals surface area (Å²) in [7, 11) is 0. The lowest BCUT2D eigenvalue weighted by Crippen LogP contribution is -2.28. The van der Waals surface area contributed by atoms with Crippen LogP contribution in [0.3, 0.4) is 0 Å². The van der Waals surface area contributed by atoms with Gasteiger partial charge in [0.2, 0.25) is 0 Å². The molecule has 0 rings (SSSR count). The number of carbonyl (C=O) groups excluding carboxylic acids is 2. The fourth-order valence-electron chi connectivity index (χ4n) is 6.76. The summed E-state index contributed by atoms with van der Waals surface area (Å²) in [5.74, 6) is -0.586. The van der Waals surface area contributed by atoms with Crippen LogP contribution in [0.5, 0.6) is 0 Å². The molecule has 1 unspecified atom stereocenters. The Hall–Kier alpha value is -2.40. The van der Waals surface area contributed by atoms with Gasteiger partial charge in [-0.25, -0.2) is 0 Å². The van der Waals surface area contributed by atoms with Gasteiger partial charge in [0.15, 0.2) is 6.10 Å². The van der Waals surface area contributed by atoms with Crippen LogP contribution in [-0.2, 0) is 19.1 Å². The number of hydrogen-bond donors (Lipinski definition) is 1. The first-order valence-electron chi connectivity index (χ1n) is 23.8. The second-order valence-electron chi connectivity index (χ2n) is 15.8. The molecular weight excluding hydrogens is 693 g/mol. The van der Waals surface area contributed by atoms with E-state index in [1.54, 1.807) is 0 Å². The number of ether oxygens (including phenoxy) is 2. The average Bonchev–Trinajstić information content (AvgIpc) is 3.20. The monoisotopic (exact) mass is 783 g/mol. The maximum absolute atomic E-state index is 12.2. The van der Waals surface area contributed by atoms with Crippen molar-refractivity contribution in [2.24, 2.45) is 0 Å². The molecule has 5 nitrogen and oxygen atoms in total. The molecule has 0 aliphatic carbocycles. The van der Waals surface area contributed by atoms with Crippen molar-refractivity contribution in [2.45, 2.75) is 238 Å². The largest absolute Gasteiger partial charge is 0.462 e. The summed E-state index contributed by atoms with van der Waals surface area (Å²) >= 11 is 0. The van der Waals surface area contributed by atoms with Gasteiger partial charge >= 0.3 is 11.9 Å². The van der Waals surface area contributed by atoms with Gasteiger partial charge in [-0.3, -0.25) is 9.59 Å². The van der Waals surface area contributed by atoms with Crippen molar-refractivity contribution in [3.8, 4) is 0 Å². The van der Waals surface area contributed by atoms with Gasteiger partial charge in [-0.15, -0.1) is 0 Å². The van der Waals surface area contributed by atoms with Gasteiger partial charge in [0.1, 0.15) is 6.61 Å². The standard InChI is InChI=1S/C51H90O5/c1-3-5-7-9-11-13-15-17-18-19-20-21-22-23-24-25-26-27-28-29-30-31-32-34-36-38-40-42-44-46-51(54)56-49(47-52)48-55-50(53)45-43-41-39-37-35-33-16-14-12-10-8-6-4-2/h5,7,11,13,17-18,20-21,23-24,49,52H,3-4,6,8-10,12,14-16,19,22,25-48H2,1-2H3/b7-5-,13-11-,18-17-,21-20-,24-23-. The molecule has 0 aromatic carbocycles. The van der Waals surface area contributed by atoms with Crippen molar-refractivity contribution in [1.82, 2.24) is 0 Å². The van der Waals surface area contributed by atoms with E-state index in [0.717, 1.165) is 70.6 Å². The minimum absolute atomic E-state index is 0.0642. The highest BCUT2D eigenvalue weighted by Gasteiger charge is 2.16. The molecular formula is C51H90O5. The molecule has 0 aliphatic rings. The van der Waals surface area contributed by atoms with Gasteiger partial charge in [-0.05, 0) is 57.8 Å². The first-order valence-corrected chi connectivity index (χ1v) is 23.8. The Labute approximate surface area is 347 Å². The van der Waals surface area contributed by atoms with Crippen LogP contribution >= 0.6 is 0 Å². The van der Waals surface area contributed by atoms with Gasteiger partial charge < -0.3 is 14.6 Å². The van der Waals surface area contributed by atoms with Crippen molar-refractivity contribution in [1.29, 1.82) is 0 Å². The fourth-order valence-corrected chi connectivity index (χ4v) is 6.76. The van der Waals surface area contributed by atoms with Crippen LogP contribution < -0.4 is 0 Å². The highest BCUT2D eigenvalue weighted by atomic mass is 16.6. The number of rotatable bonds is 43. The molecule has 0 fully saturated rings. The predicted molar refractivity (Wildman–Crippen MR) is 242 cm³/mol. The molecule has 324 valence electrons. The zero-order valence-corrected chi connectivity index (χ0v) is 36.9. The Balaban J connectivity index is 3.49. The Morgan fingerprint density at radius 2 is 0.768 bits per heavy atom. The van der Waals surface area contributed by atoms with E-state index >= 15 is 0 Å². The Morgan fingerprint density at radius 1 is 0.429 bits per heavy atom. The van der Waals surface area contributed by atoms with E-state index in [2.05, 4.69) is 74.6 Å². The second-order valence-corrected chi connectivity index (χ2v) is 15.8. The summed E-state index contributed by atoms with van der Waals surface area (Å²) < 4.78 is 10.6. The normalized spacial score (nSPS) is 12.7. The number of esters is 2. The molecule has 0 spiro atoms. The third-order valence-electron chi connectivity index (χ3n) is 10.3. The van der Waals surface area contributed by atoms with Gasteiger partial charge in [0.05, 0.1) is 6.61 Å². The van der Waals surface area contributed by atoms with Crippen LogP contribution in [0.4, 0.5) is 0 Å². The van der Waals surface area contributed by atoms with Gasteiger partial charge in [-0.1, -0.05) is 222 Å². The first-order chi connectivity index (χ1) is 27.6. The smallest absolute Gasteiger partial charge is 0.306 e. The molecule has 56 heavy (non-hydrogen) atoms. The van der Waals surface area contributed by atoms with Gasteiger partial charge in [0, 0.05) is 12.8 Å². The molecule has 0 bridgehead atoms. The number of aliphatic hydroxyl groups excluding tert-OH is 1. The molecule has 0 heterocycles. The molecule has 0 aromatic heterocycles. The quantitative estimate of drug-likeness (QED) is 0.0379. The highest BCUT2D eigenvalue weighted by molar-refractivity contribution is 5.70. The maximum Gasteiger partial charge on any atom is 0.306 e. The van der Waals surface area contributed by atoms with Gasteiger partial charge in [-0.2, -0.15) is 0 Å². The van der Waals surface area contributed by atoms with E-state index in [1.807, 2.05) is 0 Å². The fraction of sp³-hybridized carbons (Fsp3) is 0.765. The number of hydrogen-bond acceptors (Lipinski definition) is 5. The topological polar surface area (TPSA) is 72.8 Å². The minimum atomic E-state index is -0.771. The lowest BCUT2D eigenvalue weighted by atomic mass is 10.0. The van der Waals surface area contributed by atoms with Crippen LogP contribution in [0.2, 0.25) is 0 Å². The summed E-state index contributed by atoms with van der Waals surface area (Å²) in [6, 6.07) is 0. The molecule has 1 atom stereocenters. The molecule has 0 amide bonds. The Kier molecular flexibility index (Phi) is 45.0. The molecule has 0 aromatic rings. The summed E-state index contributed by atoms with van der Waals surface area (Å²) in [6.45, 7) is 4.03. The predicted octanol–water partition coefficient (Wildman–Crippen LogP) is 15.5. The molecule has 1 N–H and O–H groups in total. The Morgan fingerprint density at radius 3 is 1.16 bits per heavy atom. The van der Waals surface area contributed by atoms with Crippen LogP contribution in [0.25, 0.3) is 0 Å². The van der Waals surface area contributed by atoms with Crippen molar-refractivity contribution < 1.29 is 24.2 Å². The van der Waals surface area contributed by atoms with E-state index in [4.69, 9.17) is 9.47 Å². The molecule has 0 radical (unpaired) electrons. The average molecular weight is 783 g/mol. The highest BCUT2D eigenvalue weighted by Crippen LogP contribution is 2.15. The molecule has 5 heteroatoms. The number of unbranched alkanes of at least 4 members (excludes halogenated alkanes) is 25. The van der Waals surface area contributed by atoms with Crippen LogP contribution in [0.1, 0.15) is 232 Å². The Bertz CT molecular complexity index is 977. The van der Waals surface area contributed by atoms with E-state index in [0.29, 0.717) is 12.8 Å². The summed E-state index contributed by atoms with van der Waals surface area (Å²) in [5.41, 5.74) is 0. The third-order valence-corrected chi connectivity index (χ3v) is 10.3. The van der Waals surface area contributed by atoms with Crippen molar-refractivity contribution >= 4 is 11.9 Å². The molecule has 0 aliphatic heterocycles. The SMILES string of the molecule is CC/C=C\C/C=C\C/C=C\C/C=C\C/C=C\CCCCCCCCCCCCCCCC(=O)OC(CO)COC(=O)CCCCCCCCCCCCCCC. The molecule has 0 saturated carbocycles.